The molecule has 4 rings (SSSR count). The molecule has 1 unspecified atom stereocenters. The standard InChI is InChI=1S/C20H23N5O/c1-14-23-24-19-11-8-17(13-25(14)19)22-20(26)12-9-16-7-10-18(21-16)15-5-3-2-4-6-15/h2-7,10,17,21H,8-9,11-13H2,1H3,(H,22,26). The SMILES string of the molecule is Cc1nnc2n1CC(NC(=O)CCc1ccc(-c3ccccc3)[nH]1)CC2. The first-order valence-electron chi connectivity index (χ1n) is 9.10. The third-order valence-electron chi connectivity index (χ3n) is 4.95. The van der Waals surface area contributed by atoms with Gasteiger partial charge in [0.05, 0.1) is 0 Å². The second-order valence-electron chi connectivity index (χ2n) is 6.84. The molecule has 1 aliphatic rings. The van der Waals surface area contributed by atoms with Crippen molar-refractivity contribution in [2.24, 2.45) is 0 Å². The number of H-pyrrole nitrogens is 1. The van der Waals surface area contributed by atoms with Gasteiger partial charge in [-0.2, -0.15) is 0 Å². The van der Waals surface area contributed by atoms with Crippen molar-refractivity contribution in [1.82, 2.24) is 25.1 Å². The first kappa shape index (κ1) is 16.6. The monoisotopic (exact) mass is 349 g/mol. The Morgan fingerprint density at radius 3 is 2.92 bits per heavy atom. The van der Waals surface area contributed by atoms with Gasteiger partial charge in [0, 0.05) is 36.8 Å². The third kappa shape index (κ3) is 3.54. The van der Waals surface area contributed by atoms with Gasteiger partial charge in [-0.1, -0.05) is 30.3 Å². The third-order valence-corrected chi connectivity index (χ3v) is 4.95. The maximum atomic E-state index is 12.3. The number of hydrogen-bond acceptors (Lipinski definition) is 3. The predicted molar refractivity (Wildman–Crippen MR) is 99.6 cm³/mol. The van der Waals surface area contributed by atoms with Crippen LogP contribution >= 0.6 is 0 Å². The smallest absolute Gasteiger partial charge is 0.220 e. The molecule has 0 aliphatic carbocycles. The summed E-state index contributed by atoms with van der Waals surface area (Å²) in [6.07, 6.45) is 2.98. The summed E-state index contributed by atoms with van der Waals surface area (Å²) in [6.45, 7) is 2.72. The van der Waals surface area contributed by atoms with Gasteiger partial charge in [0.2, 0.25) is 5.91 Å². The molecule has 0 radical (unpaired) electrons. The number of rotatable bonds is 5. The molecule has 0 spiro atoms. The number of carbonyl (C=O) groups is 1. The molecule has 134 valence electrons. The lowest BCUT2D eigenvalue weighted by atomic mass is 10.1. The van der Waals surface area contributed by atoms with Crippen molar-refractivity contribution < 1.29 is 4.79 Å². The van der Waals surface area contributed by atoms with E-state index in [2.05, 4.69) is 49.3 Å². The number of nitrogens with zero attached hydrogens (tertiary/aromatic N) is 3. The van der Waals surface area contributed by atoms with E-state index in [0.29, 0.717) is 12.8 Å². The highest BCUT2D eigenvalue weighted by molar-refractivity contribution is 5.76. The molecule has 0 bridgehead atoms. The highest BCUT2D eigenvalue weighted by atomic mass is 16.1. The van der Waals surface area contributed by atoms with Crippen LogP contribution in [0, 0.1) is 6.92 Å². The first-order valence-corrected chi connectivity index (χ1v) is 9.10. The summed E-state index contributed by atoms with van der Waals surface area (Å²) in [6, 6.07) is 14.5. The van der Waals surface area contributed by atoms with E-state index >= 15 is 0 Å². The largest absolute Gasteiger partial charge is 0.358 e. The lowest BCUT2D eigenvalue weighted by Crippen LogP contribution is -2.41. The minimum atomic E-state index is 0.0973. The summed E-state index contributed by atoms with van der Waals surface area (Å²) in [4.78, 5) is 15.7. The minimum absolute atomic E-state index is 0.0973. The lowest BCUT2D eigenvalue weighted by Gasteiger charge is -2.24. The highest BCUT2D eigenvalue weighted by Gasteiger charge is 2.22. The van der Waals surface area contributed by atoms with Gasteiger partial charge < -0.3 is 14.9 Å². The van der Waals surface area contributed by atoms with E-state index < -0.39 is 0 Å². The van der Waals surface area contributed by atoms with Crippen LogP contribution in [0.2, 0.25) is 0 Å². The summed E-state index contributed by atoms with van der Waals surface area (Å²) in [5.74, 6) is 2.03. The van der Waals surface area contributed by atoms with Gasteiger partial charge in [-0.25, -0.2) is 0 Å². The number of fused-ring (bicyclic) bond motifs is 1. The molecular formula is C20H23N5O. The van der Waals surface area contributed by atoms with Gasteiger partial charge in [0.25, 0.3) is 0 Å². The zero-order valence-electron chi connectivity index (χ0n) is 14.9. The van der Waals surface area contributed by atoms with E-state index in [1.165, 1.54) is 0 Å². The van der Waals surface area contributed by atoms with Crippen molar-refractivity contribution in [3.05, 3.63) is 59.8 Å². The number of nitrogens with one attached hydrogen (secondary N) is 2. The summed E-state index contributed by atoms with van der Waals surface area (Å²) < 4.78 is 2.10. The number of hydrogen-bond donors (Lipinski definition) is 2. The van der Waals surface area contributed by atoms with Crippen LogP contribution in [-0.2, 0) is 24.2 Å². The van der Waals surface area contributed by atoms with Crippen LogP contribution in [0.3, 0.4) is 0 Å². The fourth-order valence-electron chi connectivity index (χ4n) is 3.50. The van der Waals surface area contributed by atoms with E-state index in [-0.39, 0.29) is 11.9 Å². The van der Waals surface area contributed by atoms with Crippen molar-refractivity contribution in [2.75, 3.05) is 0 Å². The number of aryl methyl sites for hydroxylation is 3. The van der Waals surface area contributed by atoms with Gasteiger partial charge in [-0.05, 0) is 37.5 Å². The number of aromatic nitrogens is 4. The van der Waals surface area contributed by atoms with Gasteiger partial charge in [0.1, 0.15) is 11.6 Å². The van der Waals surface area contributed by atoms with E-state index in [4.69, 9.17) is 0 Å². The second-order valence-corrected chi connectivity index (χ2v) is 6.84. The highest BCUT2D eigenvalue weighted by Crippen LogP contribution is 2.19. The molecule has 3 aromatic rings. The molecule has 6 heteroatoms. The van der Waals surface area contributed by atoms with Crippen LogP contribution in [0.4, 0.5) is 0 Å². The Hall–Kier alpha value is -2.89. The number of amides is 1. The molecule has 0 saturated carbocycles. The van der Waals surface area contributed by atoms with Gasteiger partial charge in [0.15, 0.2) is 0 Å². The van der Waals surface area contributed by atoms with Gasteiger partial charge in [-0.3, -0.25) is 4.79 Å². The Morgan fingerprint density at radius 1 is 1.23 bits per heavy atom. The number of carbonyl (C=O) groups excluding carboxylic acids is 1. The summed E-state index contributed by atoms with van der Waals surface area (Å²) in [7, 11) is 0. The average Bonchev–Trinajstić information content (AvgIpc) is 3.28. The van der Waals surface area contributed by atoms with Crippen LogP contribution in [0.1, 0.15) is 30.2 Å². The molecule has 26 heavy (non-hydrogen) atoms. The minimum Gasteiger partial charge on any atom is -0.358 e. The maximum absolute atomic E-state index is 12.3. The molecule has 0 fully saturated rings. The van der Waals surface area contributed by atoms with Crippen molar-refractivity contribution in [3.63, 3.8) is 0 Å². The zero-order chi connectivity index (χ0) is 17.9. The van der Waals surface area contributed by atoms with Crippen LogP contribution in [0.5, 0.6) is 0 Å². The van der Waals surface area contributed by atoms with Crippen LogP contribution in [-0.4, -0.2) is 31.7 Å². The molecule has 1 atom stereocenters. The zero-order valence-corrected chi connectivity index (χ0v) is 14.9. The molecule has 0 saturated heterocycles. The van der Waals surface area contributed by atoms with E-state index in [1.807, 2.05) is 25.1 Å². The molecular weight excluding hydrogens is 326 g/mol. The van der Waals surface area contributed by atoms with Crippen molar-refractivity contribution in [3.8, 4) is 11.3 Å². The topological polar surface area (TPSA) is 75.6 Å². The summed E-state index contributed by atoms with van der Waals surface area (Å²) in [5.41, 5.74) is 3.33. The summed E-state index contributed by atoms with van der Waals surface area (Å²) in [5, 5.41) is 11.4. The quantitative estimate of drug-likeness (QED) is 0.743. The molecule has 2 aromatic heterocycles. The Morgan fingerprint density at radius 2 is 2.08 bits per heavy atom. The Labute approximate surface area is 152 Å². The molecule has 1 amide bonds. The molecule has 1 aromatic carbocycles. The van der Waals surface area contributed by atoms with Crippen LogP contribution in [0.15, 0.2) is 42.5 Å². The molecule has 6 nitrogen and oxygen atoms in total. The fraction of sp³-hybridized carbons (Fsp3) is 0.350. The van der Waals surface area contributed by atoms with E-state index in [9.17, 15) is 4.79 Å². The van der Waals surface area contributed by atoms with E-state index in [1.54, 1.807) is 0 Å². The van der Waals surface area contributed by atoms with Crippen molar-refractivity contribution >= 4 is 5.91 Å². The lowest BCUT2D eigenvalue weighted by molar-refractivity contribution is -0.122. The average molecular weight is 349 g/mol. The van der Waals surface area contributed by atoms with Gasteiger partial charge in [-0.15, -0.1) is 10.2 Å². The fourth-order valence-corrected chi connectivity index (χ4v) is 3.50. The Bertz CT molecular complexity index is 896. The molecule has 2 N–H and O–H groups in total. The van der Waals surface area contributed by atoms with E-state index in [0.717, 1.165) is 48.0 Å². The predicted octanol–water partition coefficient (Wildman–Crippen LogP) is 2.65. The number of benzene rings is 1. The van der Waals surface area contributed by atoms with Crippen LogP contribution in [0.25, 0.3) is 11.3 Å². The second kappa shape index (κ2) is 7.15. The maximum Gasteiger partial charge on any atom is 0.220 e. The Kier molecular flexibility index (Phi) is 4.56. The molecule has 3 heterocycles. The summed E-state index contributed by atoms with van der Waals surface area (Å²) >= 11 is 0. The van der Waals surface area contributed by atoms with Crippen molar-refractivity contribution in [2.45, 2.75) is 45.2 Å². The van der Waals surface area contributed by atoms with Crippen LogP contribution < -0.4 is 5.32 Å². The van der Waals surface area contributed by atoms with Gasteiger partial charge >= 0.3 is 0 Å². The van der Waals surface area contributed by atoms with Crippen molar-refractivity contribution in [1.29, 1.82) is 0 Å². The normalized spacial score (nSPS) is 16.3. The number of aromatic amines is 1. The molecule has 1 aliphatic heterocycles. The Balaban J connectivity index is 1.30. The first-order chi connectivity index (χ1) is 12.7.